The van der Waals surface area contributed by atoms with Crippen molar-refractivity contribution in [3.05, 3.63) is 70.7 Å². The second-order valence-corrected chi connectivity index (χ2v) is 7.90. The molecule has 0 unspecified atom stereocenters. The van der Waals surface area contributed by atoms with Gasteiger partial charge >= 0.3 is 0 Å². The SMILES string of the molecule is C=C(C(C)=O)[C@H](NS(=O)(=O)c1ccc(OC)cc1)c1ccccc1Br. The summed E-state index contributed by atoms with van der Waals surface area (Å²) in [6.07, 6.45) is 0. The Bertz CT molecular complexity index is 892. The average molecular weight is 424 g/mol. The van der Waals surface area contributed by atoms with Gasteiger partial charge in [-0.05, 0) is 42.8 Å². The van der Waals surface area contributed by atoms with Crippen LogP contribution in [0.1, 0.15) is 18.5 Å². The van der Waals surface area contributed by atoms with Gasteiger partial charge < -0.3 is 4.74 Å². The Kier molecular flexibility index (Phi) is 6.16. The lowest BCUT2D eigenvalue weighted by molar-refractivity contribution is -0.113. The molecule has 0 fully saturated rings. The monoisotopic (exact) mass is 423 g/mol. The van der Waals surface area contributed by atoms with Crippen LogP contribution in [0.4, 0.5) is 0 Å². The first-order valence-corrected chi connectivity index (χ1v) is 9.64. The van der Waals surface area contributed by atoms with Crippen LogP contribution < -0.4 is 9.46 Å². The summed E-state index contributed by atoms with van der Waals surface area (Å²) in [5.74, 6) is 0.257. The molecule has 0 saturated heterocycles. The third-order valence-electron chi connectivity index (χ3n) is 3.66. The summed E-state index contributed by atoms with van der Waals surface area (Å²) in [5.41, 5.74) is 0.767. The van der Waals surface area contributed by atoms with Crippen LogP contribution in [0.3, 0.4) is 0 Å². The fourth-order valence-electron chi connectivity index (χ4n) is 2.21. The molecule has 2 rings (SSSR count). The van der Waals surface area contributed by atoms with Crippen molar-refractivity contribution in [3.8, 4) is 5.75 Å². The van der Waals surface area contributed by atoms with E-state index in [1.807, 2.05) is 0 Å². The van der Waals surface area contributed by atoms with E-state index in [1.54, 1.807) is 36.4 Å². The van der Waals surface area contributed by atoms with Crippen molar-refractivity contribution in [2.45, 2.75) is 17.9 Å². The zero-order chi connectivity index (χ0) is 18.6. The van der Waals surface area contributed by atoms with Gasteiger partial charge in [-0.3, -0.25) is 4.79 Å². The predicted molar refractivity (Wildman–Crippen MR) is 100 cm³/mol. The molecular weight excluding hydrogens is 406 g/mol. The number of carbonyl (C=O) groups excluding carboxylic acids is 1. The van der Waals surface area contributed by atoms with E-state index in [0.29, 0.717) is 15.8 Å². The maximum Gasteiger partial charge on any atom is 0.241 e. The maximum absolute atomic E-state index is 12.7. The predicted octanol–water partition coefficient (Wildman–Crippen LogP) is 3.62. The summed E-state index contributed by atoms with van der Waals surface area (Å²) in [5, 5.41) is 0. The Balaban J connectivity index is 2.43. The molecule has 0 saturated carbocycles. The van der Waals surface area contributed by atoms with Crippen LogP contribution >= 0.6 is 15.9 Å². The van der Waals surface area contributed by atoms with E-state index < -0.39 is 16.1 Å². The second-order valence-electron chi connectivity index (χ2n) is 5.33. The van der Waals surface area contributed by atoms with Crippen molar-refractivity contribution < 1.29 is 17.9 Å². The number of Topliss-reactive ketones (excluding diaryl/α,β-unsaturated/α-hetero) is 1. The molecule has 132 valence electrons. The largest absolute Gasteiger partial charge is 0.497 e. The first-order valence-electron chi connectivity index (χ1n) is 7.37. The molecule has 1 N–H and O–H groups in total. The van der Waals surface area contributed by atoms with Crippen LogP contribution in [-0.2, 0) is 14.8 Å². The number of sulfonamides is 1. The molecule has 5 nitrogen and oxygen atoms in total. The molecule has 0 amide bonds. The van der Waals surface area contributed by atoms with Crippen molar-refractivity contribution in [1.29, 1.82) is 0 Å². The van der Waals surface area contributed by atoms with Gasteiger partial charge in [-0.1, -0.05) is 40.7 Å². The number of methoxy groups -OCH3 is 1. The summed E-state index contributed by atoms with van der Waals surface area (Å²) in [6.45, 7) is 5.11. The van der Waals surface area contributed by atoms with E-state index in [-0.39, 0.29) is 16.3 Å². The molecule has 0 heterocycles. The normalized spacial score (nSPS) is 12.4. The lowest BCUT2D eigenvalue weighted by Gasteiger charge is -2.21. The molecular formula is C18H18BrNO4S. The molecule has 0 aliphatic rings. The highest BCUT2D eigenvalue weighted by Gasteiger charge is 2.26. The zero-order valence-corrected chi connectivity index (χ0v) is 16.2. The molecule has 0 spiro atoms. The van der Waals surface area contributed by atoms with Crippen LogP contribution in [0.25, 0.3) is 0 Å². The number of carbonyl (C=O) groups is 1. The molecule has 2 aromatic rings. The summed E-state index contributed by atoms with van der Waals surface area (Å²) < 4.78 is 33.8. The van der Waals surface area contributed by atoms with Crippen LogP contribution in [0.15, 0.2) is 70.1 Å². The van der Waals surface area contributed by atoms with Gasteiger partial charge in [-0.25, -0.2) is 8.42 Å². The van der Waals surface area contributed by atoms with Crippen molar-refractivity contribution in [2.24, 2.45) is 0 Å². The number of nitrogens with one attached hydrogen (secondary N) is 1. The maximum atomic E-state index is 12.7. The van der Waals surface area contributed by atoms with E-state index in [2.05, 4.69) is 27.2 Å². The standard InChI is InChI=1S/C18H18BrNO4S/c1-12(13(2)21)18(16-6-4-5-7-17(16)19)20-25(22,23)15-10-8-14(24-3)9-11-15/h4-11,18,20H,1H2,2-3H3/t18-/m0/s1. The number of halogens is 1. The Labute approximate surface area is 155 Å². The third-order valence-corrected chi connectivity index (χ3v) is 5.82. The molecule has 0 aliphatic carbocycles. The van der Waals surface area contributed by atoms with Gasteiger partial charge in [-0.15, -0.1) is 0 Å². The molecule has 25 heavy (non-hydrogen) atoms. The third kappa shape index (κ3) is 4.56. The number of rotatable bonds is 7. The van der Waals surface area contributed by atoms with E-state index in [1.165, 1.54) is 26.2 Å². The van der Waals surface area contributed by atoms with Crippen LogP contribution in [-0.4, -0.2) is 21.3 Å². The van der Waals surface area contributed by atoms with E-state index in [0.717, 1.165) is 0 Å². The van der Waals surface area contributed by atoms with Gasteiger partial charge in [0.2, 0.25) is 10.0 Å². The Morgan fingerprint density at radius 1 is 1.16 bits per heavy atom. The van der Waals surface area contributed by atoms with Gasteiger partial charge in [0.15, 0.2) is 5.78 Å². The number of hydrogen-bond donors (Lipinski definition) is 1. The van der Waals surface area contributed by atoms with Crippen LogP contribution in [0.5, 0.6) is 5.75 Å². The van der Waals surface area contributed by atoms with E-state index in [9.17, 15) is 13.2 Å². The first kappa shape index (κ1) is 19.4. The van der Waals surface area contributed by atoms with Gasteiger partial charge in [0.1, 0.15) is 5.75 Å². The number of benzene rings is 2. The lowest BCUT2D eigenvalue weighted by atomic mass is 9.98. The van der Waals surface area contributed by atoms with E-state index >= 15 is 0 Å². The topological polar surface area (TPSA) is 72.5 Å². The van der Waals surface area contributed by atoms with Crippen LogP contribution in [0, 0.1) is 0 Å². The molecule has 0 aliphatic heterocycles. The molecule has 7 heteroatoms. The summed E-state index contributed by atoms with van der Waals surface area (Å²) in [6, 6.07) is 12.2. The number of hydrogen-bond acceptors (Lipinski definition) is 4. The van der Waals surface area contributed by atoms with Gasteiger partial charge in [0.05, 0.1) is 18.0 Å². The highest BCUT2D eigenvalue weighted by molar-refractivity contribution is 9.10. The number of ketones is 1. The van der Waals surface area contributed by atoms with Crippen molar-refractivity contribution in [1.82, 2.24) is 4.72 Å². The fourth-order valence-corrected chi connectivity index (χ4v) is 3.94. The molecule has 2 aromatic carbocycles. The van der Waals surface area contributed by atoms with Gasteiger partial charge in [0, 0.05) is 10.0 Å². The van der Waals surface area contributed by atoms with E-state index in [4.69, 9.17) is 4.74 Å². The Morgan fingerprint density at radius 3 is 2.28 bits per heavy atom. The lowest BCUT2D eigenvalue weighted by Crippen LogP contribution is -2.31. The fraction of sp³-hybridized carbons (Fsp3) is 0.167. The molecule has 0 radical (unpaired) electrons. The van der Waals surface area contributed by atoms with Gasteiger partial charge in [-0.2, -0.15) is 4.72 Å². The minimum absolute atomic E-state index is 0.0710. The minimum Gasteiger partial charge on any atom is -0.497 e. The van der Waals surface area contributed by atoms with Crippen molar-refractivity contribution in [3.63, 3.8) is 0 Å². The van der Waals surface area contributed by atoms with Crippen molar-refractivity contribution in [2.75, 3.05) is 7.11 Å². The summed E-state index contributed by atoms with van der Waals surface area (Å²) >= 11 is 3.39. The Hall–Kier alpha value is -1.96. The zero-order valence-electron chi connectivity index (χ0n) is 13.8. The summed E-state index contributed by atoms with van der Waals surface area (Å²) in [4.78, 5) is 11.9. The van der Waals surface area contributed by atoms with Crippen LogP contribution in [0.2, 0.25) is 0 Å². The quantitative estimate of drug-likeness (QED) is 0.690. The molecule has 1 atom stereocenters. The summed E-state index contributed by atoms with van der Waals surface area (Å²) in [7, 11) is -2.37. The average Bonchev–Trinajstić information content (AvgIpc) is 2.59. The second kappa shape index (κ2) is 7.95. The Morgan fingerprint density at radius 2 is 1.76 bits per heavy atom. The molecule has 0 aromatic heterocycles. The highest BCUT2D eigenvalue weighted by atomic mass is 79.9. The first-order chi connectivity index (χ1) is 11.8. The molecule has 0 bridgehead atoms. The number of ether oxygens (including phenoxy) is 1. The van der Waals surface area contributed by atoms with Gasteiger partial charge in [0.25, 0.3) is 0 Å². The van der Waals surface area contributed by atoms with Crippen molar-refractivity contribution >= 4 is 31.7 Å². The smallest absolute Gasteiger partial charge is 0.241 e. The minimum atomic E-state index is -3.87. The highest BCUT2D eigenvalue weighted by Crippen LogP contribution is 2.30.